The molecule has 0 atom stereocenters. The molecule has 0 radical (unpaired) electrons. The van der Waals surface area contributed by atoms with E-state index in [0.29, 0.717) is 33.9 Å². The smallest absolute Gasteiger partial charge is 0.337 e. The molecule has 1 heterocycles. The number of benzene rings is 2. The number of nitrogens with one attached hydrogen (secondary N) is 1. The van der Waals surface area contributed by atoms with Crippen molar-refractivity contribution in [2.24, 2.45) is 5.73 Å². The minimum Gasteiger partial charge on any atom is -0.478 e. The van der Waals surface area contributed by atoms with Crippen LogP contribution >= 0.6 is 0 Å². The second kappa shape index (κ2) is 7.40. The third kappa shape index (κ3) is 3.50. The van der Waals surface area contributed by atoms with Gasteiger partial charge < -0.3 is 20.7 Å². The monoisotopic (exact) mass is 377 g/mol. The van der Waals surface area contributed by atoms with Crippen LogP contribution in [0.4, 0.5) is 5.69 Å². The van der Waals surface area contributed by atoms with E-state index in [1.807, 2.05) is 0 Å². The number of amides is 2. The minimum atomic E-state index is -1.02. The number of carbonyl (C=O) groups is 3. The first-order valence-corrected chi connectivity index (χ1v) is 8.52. The molecule has 0 unspecified atom stereocenters. The molecule has 0 aliphatic heterocycles. The molecule has 2 amide bonds. The molecule has 0 fully saturated rings. The van der Waals surface area contributed by atoms with E-state index in [1.165, 1.54) is 12.1 Å². The summed E-state index contributed by atoms with van der Waals surface area (Å²) in [5.41, 5.74) is 8.48. The Morgan fingerprint density at radius 1 is 0.964 bits per heavy atom. The van der Waals surface area contributed by atoms with Gasteiger partial charge in [-0.25, -0.2) is 4.79 Å². The number of aryl methyl sites for hydroxylation is 1. The Balaban J connectivity index is 1.98. The van der Waals surface area contributed by atoms with E-state index in [9.17, 15) is 19.5 Å². The number of primary amides is 1. The third-order valence-electron chi connectivity index (χ3n) is 4.48. The Hall–Kier alpha value is -3.87. The van der Waals surface area contributed by atoms with Gasteiger partial charge in [0.05, 0.1) is 16.8 Å². The number of para-hydroxylation sites is 1. The maximum atomic E-state index is 12.9. The van der Waals surface area contributed by atoms with E-state index in [1.54, 1.807) is 60.9 Å². The van der Waals surface area contributed by atoms with Gasteiger partial charge >= 0.3 is 5.97 Å². The molecule has 7 nitrogen and oxygen atoms in total. The molecule has 142 valence electrons. The number of aromatic carboxylic acids is 1. The number of hydrogen-bond acceptors (Lipinski definition) is 3. The quantitative estimate of drug-likeness (QED) is 0.633. The van der Waals surface area contributed by atoms with Gasteiger partial charge in [0.25, 0.3) is 5.91 Å². The van der Waals surface area contributed by atoms with Gasteiger partial charge in [-0.3, -0.25) is 9.59 Å². The molecule has 28 heavy (non-hydrogen) atoms. The maximum absolute atomic E-state index is 12.9. The van der Waals surface area contributed by atoms with E-state index in [0.717, 1.165) is 0 Å². The zero-order chi connectivity index (χ0) is 20.4. The molecule has 4 N–H and O–H groups in total. The van der Waals surface area contributed by atoms with E-state index in [4.69, 9.17) is 5.73 Å². The van der Waals surface area contributed by atoms with Crippen LogP contribution in [-0.2, 0) is 0 Å². The first kappa shape index (κ1) is 18.9. The molecule has 2 aromatic carbocycles. The number of carbonyl (C=O) groups excluding carboxylic acids is 2. The standard InChI is InChI=1S/C21H19N3O4/c1-12-11-17(21(27)28)13(2)24(12)18-6-4-3-5-16(18)20(26)23-15-9-7-14(8-10-15)19(22)25/h3-11H,1-2H3,(H2,22,25)(H,23,26)(H,27,28). The highest BCUT2D eigenvalue weighted by Crippen LogP contribution is 2.24. The van der Waals surface area contributed by atoms with Crippen LogP contribution in [-0.4, -0.2) is 27.5 Å². The second-order valence-electron chi connectivity index (χ2n) is 6.34. The van der Waals surface area contributed by atoms with Gasteiger partial charge in [-0.05, 0) is 56.3 Å². The summed E-state index contributed by atoms with van der Waals surface area (Å²) in [6, 6.07) is 14.8. The Labute approximate surface area is 161 Å². The second-order valence-corrected chi connectivity index (χ2v) is 6.34. The lowest BCUT2D eigenvalue weighted by Gasteiger charge is -2.15. The molecular formula is C21H19N3O4. The lowest BCUT2D eigenvalue weighted by molar-refractivity contribution is 0.0695. The molecular weight excluding hydrogens is 358 g/mol. The van der Waals surface area contributed by atoms with Crippen molar-refractivity contribution in [1.29, 1.82) is 0 Å². The molecule has 1 aromatic heterocycles. The van der Waals surface area contributed by atoms with Crippen LogP contribution < -0.4 is 11.1 Å². The zero-order valence-corrected chi connectivity index (χ0v) is 15.4. The van der Waals surface area contributed by atoms with Gasteiger partial charge in [0.15, 0.2) is 0 Å². The van der Waals surface area contributed by atoms with Crippen LogP contribution in [0.1, 0.15) is 42.5 Å². The highest BCUT2D eigenvalue weighted by molar-refractivity contribution is 6.07. The molecule has 3 rings (SSSR count). The van der Waals surface area contributed by atoms with Gasteiger partial charge in [-0.1, -0.05) is 12.1 Å². The van der Waals surface area contributed by atoms with Crippen LogP contribution in [0.3, 0.4) is 0 Å². The topological polar surface area (TPSA) is 114 Å². The Bertz CT molecular complexity index is 1080. The first-order chi connectivity index (χ1) is 13.3. The molecule has 3 aromatic rings. The van der Waals surface area contributed by atoms with Crippen LogP contribution in [0, 0.1) is 13.8 Å². The zero-order valence-electron chi connectivity index (χ0n) is 15.4. The summed E-state index contributed by atoms with van der Waals surface area (Å²) in [6.45, 7) is 3.49. The van der Waals surface area contributed by atoms with Crippen molar-refractivity contribution in [2.45, 2.75) is 13.8 Å². The van der Waals surface area contributed by atoms with E-state index in [-0.39, 0.29) is 11.5 Å². The number of carboxylic acid groups (broad SMARTS) is 1. The van der Waals surface area contributed by atoms with Crippen LogP contribution in [0.5, 0.6) is 0 Å². The van der Waals surface area contributed by atoms with Crippen molar-refractivity contribution in [1.82, 2.24) is 4.57 Å². The summed E-state index contributed by atoms with van der Waals surface area (Å²) in [4.78, 5) is 35.4. The van der Waals surface area contributed by atoms with Gasteiger partial charge in [0.1, 0.15) is 0 Å². The fraction of sp³-hybridized carbons (Fsp3) is 0.0952. The number of hydrogen-bond donors (Lipinski definition) is 3. The SMILES string of the molecule is Cc1cc(C(=O)O)c(C)n1-c1ccccc1C(=O)Nc1ccc(C(N)=O)cc1. The van der Waals surface area contributed by atoms with Crippen molar-refractivity contribution in [3.05, 3.63) is 82.7 Å². The van der Waals surface area contributed by atoms with Crippen molar-refractivity contribution in [3.63, 3.8) is 0 Å². The van der Waals surface area contributed by atoms with Gasteiger partial charge in [0.2, 0.25) is 5.91 Å². The lowest BCUT2D eigenvalue weighted by atomic mass is 10.1. The summed E-state index contributed by atoms with van der Waals surface area (Å²) < 4.78 is 1.74. The van der Waals surface area contributed by atoms with E-state index >= 15 is 0 Å². The minimum absolute atomic E-state index is 0.190. The third-order valence-corrected chi connectivity index (χ3v) is 4.48. The number of carboxylic acids is 1. The fourth-order valence-electron chi connectivity index (χ4n) is 3.13. The first-order valence-electron chi connectivity index (χ1n) is 8.52. The van der Waals surface area contributed by atoms with Gasteiger partial charge in [0, 0.05) is 22.6 Å². The Kier molecular flexibility index (Phi) is 5.00. The van der Waals surface area contributed by atoms with Crippen molar-refractivity contribution in [2.75, 3.05) is 5.32 Å². The van der Waals surface area contributed by atoms with Gasteiger partial charge in [-0.15, -0.1) is 0 Å². The highest BCUT2D eigenvalue weighted by atomic mass is 16.4. The highest BCUT2D eigenvalue weighted by Gasteiger charge is 2.19. The lowest BCUT2D eigenvalue weighted by Crippen LogP contribution is -2.16. The summed E-state index contributed by atoms with van der Waals surface area (Å²) in [5, 5.41) is 12.1. The molecule has 7 heteroatoms. The largest absolute Gasteiger partial charge is 0.478 e. The van der Waals surface area contributed by atoms with Crippen LogP contribution in [0.2, 0.25) is 0 Å². The van der Waals surface area contributed by atoms with Crippen molar-refractivity contribution in [3.8, 4) is 5.69 Å². The van der Waals surface area contributed by atoms with Crippen molar-refractivity contribution < 1.29 is 19.5 Å². The summed E-state index contributed by atoms with van der Waals surface area (Å²) in [6.07, 6.45) is 0. The summed E-state index contributed by atoms with van der Waals surface area (Å²) >= 11 is 0. The molecule has 0 aliphatic rings. The van der Waals surface area contributed by atoms with Crippen molar-refractivity contribution >= 4 is 23.5 Å². The number of nitrogens with two attached hydrogens (primary N) is 1. The number of anilines is 1. The number of nitrogens with zero attached hydrogens (tertiary/aromatic N) is 1. The molecule has 0 aliphatic carbocycles. The Morgan fingerprint density at radius 3 is 2.18 bits per heavy atom. The van der Waals surface area contributed by atoms with Crippen LogP contribution in [0.15, 0.2) is 54.6 Å². The number of rotatable bonds is 5. The fourth-order valence-corrected chi connectivity index (χ4v) is 3.13. The predicted octanol–water partition coefficient (Wildman–Crippen LogP) is 3.14. The molecule has 0 saturated heterocycles. The predicted molar refractivity (Wildman–Crippen MR) is 105 cm³/mol. The molecule has 0 spiro atoms. The molecule has 0 bridgehead atoms. The average molecular weight is 377 g/mol. The maximum Gasteiger partial charge on any atom is 0.337 e. The average Bonchev–Trinajstić information content (AvgIpc) is 2.96. The Morgan fingerprint density at radius 2 is 1.61 bits per heavy atom. The van der Waals surface area contributed by atoms with E-state index in [2.05, 4.69) is 5.32 Å². The van der Waals surface area contributed by atoms with Crippen LogP contribution in [0.25, 0.3) is 5.69 Å². The van der Waals surface area contributed by atoms with Gasteiger partial charge in [-0.2, -0.15) is 0 Å². The summed E-state index contributed by atoms with van der Waals surface area (Å²) in [7, 11) is 0. The molecule has 0 saturated carbocycles. The normalized spacial score (nSPS) is 10.5. The van der Waals surface area contributed by atoms with E-state index < -0.39 is 11.9 Å². The number of aromatic nitrogens is 1. The summed E-state index contributed by atoms with van der Waals surface area (Å²) in [5.74, 6) is -1.92.